The number of hydrogen-bond donors (Lipinski definition) is 1. The van der Waals surface area contributed by atoms with Gasteiger partial charge in [-0.3, -0.25) is 14.6 Å². The fourth-order valence-corrected chi connectivity index (χ4v) is 4.41. The summed E-state index contributed by atoms with van der Waals surface area (Å²) < 4.78 is 0. The maximum atomic E-state index is 12.5. The Kier molecular flexibility index (Phi) is 4.76. The van der Waals surface area contributed by atoms with Crippen molar-refractivity contribution in [3.05, 3.63) is 47.5 Å². The third-order valence-electron chi connectivity index (χ3n) is 5.20. The SMILES string of the molecule is CC12CN(c3ccc(NC(=O)c4cnccn4)cc3Cl)C(=S)N1CCCC2=O. The fraction of sp³-hybridized carbons (Fsp3) is 0.316. The first-order chi connectivity index (χ1) is 13.4. The number of Topliss-reactive ketones (excluding diaryl/α,β-unsaturated/α-hetero) is 1. The quantitative estimate of drug-likeness (QED) is 0.772. The minimum atomic E-state index is -0.614. The first-order valence-corrected chi connectivity index (χ1v) is 9.68. The minimum Gasteiger partial charge on any atom is -0.335 e. The van der Waals surface area contributed by atoms with Gasteiger partial charge in [-0.1, -0.05) is 11.6 Å². The molecule has 2 aromatic rings. The van der Waals surface area contributed by atoms with Crippen LogP contribution in [0.25, 0.3) is 0 Å². The summed E-state index contributed by atoms with van der Waals surface area (Å²) in [5.74, 6) is -0.170. The number of benzene rings is 1. The lowest BCUT2D eigenvalue weighted by Crippen LogP contribution is -2.54. The molecule has 0 radical (unpaired) electrons. The van der Waals surface area contributed by atoms with Crippen molar-refractivity contribution in [2.45, 2.75) is 25.3 Å². The van der Waals surface area contributed by atoms with Crippen molar-refractivity contribution in [2.24, 2.45) is 0 Å². The van der Waals surface area contributed by atoms with Gasteiger partial charge >= 0.3 is 0 Å². The van der Waals surface area contributed by atoms with Crippen LogP contribution in [0, 0.1) is 0 Å². The van der Waals surface area contributed by atoms with Crippen LogP contribution in [-0.4, -0.2) is 50.3 Å². The van der Waals surface area contributed by atoms with Gasteiger partial charge in [0.05, 0.1) is 23.5 Å². The molecule has 1 amide bonds. The molecule has 0 aliphatic carbocycles. The molecule has 3 heterocycles. The zero-order valence-corrected chi connectivity index (χ0v) is 16.8. The number of nitrogens with one attached hydrogen (secondary N) is 1. The van der Waals surface area contributed by atoms with Crippen LogP contribution in [0.4, 0.5) is 11.4 Å². The predicted octanol–water partition coefficient (Wildman–Crippen LogP) is 2.91. The Morgan fingerprint density at radius 1 is 1.36 bits per heavy atom. The average molecular weight is 416 g/mol. The largest absolute Gasteiger partial charge is 0.335 e. The van der Waals surface area contributed by atoms with Gasteiger partial charge < -0.3 is 15.1 Å². The summed E-state index contributed by atoms with van der Waals surface area (Å²) in [7, 11) is 0. The Morgan fingerprint density at radius 2 is 2.18 bits per heavy atom. The number of carbonyl (C=O) groups is 2. The second-order valence-corrected chi connectivity index (χ2v) is 7.80. The Labute approximate surface area is 172 Å². The molecule has 144 valence electrons. The second kappa shape index (κ2) is 7.10. The number of rotatable bonds is 3. The van der Waals surface area contributed by atoms with Gasteiger partial charge in [0.25, 0.3) is 5.91 Å². The van der Waals surface area contributed by atoms with Crippen LogP contribution >= 0.6 is 23.8 Å². The lowest BCUT2D eigenvalue weighted by Gasteiger charge is -2.37. The summed E-state index contributed by atoms with van der Waals surface area (Å²) in [6, 6.07) is 5.21. The Bertz CT molecular complexity index is 970. The number of piperidine rings is 1. The molecule has 2 saturated heterocycles. The first-order valence-electron chi connectivity index (χ1n) is 8.89. The van der Waals surface area contributed by atoms with Gasteiger partial charge in [0, 0.05) is 31.0 Å². The molecule has 0 saturated carbocycles. The van der Waals surface area contributed by atoms with Crippen molar-refractivity contribution in [2.75, 3.05) is 23.3 Å². The zero-order chi connectivity index (χ0) is 19.9. The molecule has 2 fully saturated rings. The monoisotopic (exact) mass is 415 g/mol. The molecule has 4 rings (SSSR count). The van der Waals surface area contributed by atoms with E-state index in [1.165, 1.54) is 18.6 Å². The summed E-state index contributed by atoms with van der Waals surface area (Å²) in [6.07, 6.45) is 5.73. The highest BCUT2D eigenvalue weighted by Gasteiger charge is 2.51. The van der Waals surface area contributed by atoms with Gasteiger partial charge in [-0.15, -0.1) is 0 Å². The molecule has 9 heteroatoms. The van der Waals surface area contributed by atoms with Crippen LogP contribution in [0.2, 0.25) is 5.02 Å². The molecule has 28 heavy (non-hydrogen) atoms. The highest BCUT2D eigenvalue weighted by atomic mass is 35.5. The molecule has 7 nitrogen and oxygen atoms in total. The molecule has 1 unspecified atom stereocenters. The molecule has 0 bridgehead atoms. The van der Waals surface area contributed by atoms with Crippen LogP contribution in [0.1, 0.15) is 30.3 Å². The molecular formula is C19H18ClN5O2S. The van der Waals surface area contributed by atoms with Crippen LogP contribution in [-0.2, 0) is 4.79 Å². The van der Waals surface area contributed by atoms with Gasteiger partial charge in [-0.25, -0.2) is 4.98 Å². The van der Waals surface area contributed by atoms with Gasteiger partial charge in [-0.2, -0.15) is 0 Å². The lowest BCUT2D eigenvalue weighted by atomic mass is 9.88. The van der Waals surface area contributed by atoms with E-state index in [4.69, 9.17) is 23.8 Å². The summed E-state index contributed by atoms with van der Waals surface area (Å²) in [5.41, 5.74) is 0.853. The molecule has 1 aromatic carbocycles. The predicted molar refractivity (Wildman–Crippen MR) is 111 cm³/mol. The van der Waals surface area contributed by atoms with Crippen molar-refractivity contribution in [1.29, 1.82) is 0 Å². The topological polar surface area (TPSA) is 78.4 Å². The summed E-state index contributed by atoms with van der Waals surface area (Å²) in [4.78, 5) is 36.5. The number of nitrogens with zero attached hydrogens (tertiary/aromatic N) is 4. The summed E-state index contributed by atoms with van der Waals surface area (Å²) in [5, 5.41) is 3.80. The van der Waals surface area contributed by atoms with E-state index >= 15 is 0 Å². The van der Waals surface area contributed by atoms with E-state index in [0.717, 1.165) is 13.0 Å². The smallest absolute Gasteiger partial charge is 0.275 e. The molecular weight excluding hydrogens is 398 g/mol. The van der Waals surface area contributed by atoms with E-state index in [1.807, 2.05) is 16.7 Å². The number of carbonyl (C=O) groups excluding carboxylic acids is 2. The van der Waals surface area contributed by atoms with E-state index in [0.29, 0.717) is 34.5 Å². The fourth-order valence-electron chi connectivity index (χ4n) is 3.67. The normalized spacial score (nSPS) is 21.6. The third kappa shape index (κ3) is 3.12. The third-order valence-corrected chi connectivity index (χ3v) is 5.95. The Hall–Kier alpha value is -2.58. The number of halogens is 1. The van der Waals surface area contributed by atoms with E-state index in [9.17, 15) is 9.59 Å². The van der Waals surface area contributed by atoms with Crippen LogP contribution in [0.5, 0.6) is 0 Å². The van der Waals surface area contributed by atoms with E-state index in [2.05, 4.69) is 15.3 Å². The highest BCUT2D eigenvalue weighted by Crippen LogP contribution is 2.38. The van der Waals surface area contributed by atoms with Crippen LogP contribution < -0.4 is 10.2 Å². The van der Waals surface area contributed by atoms with Gasteiger partial charge in [0.1, 0.15) is 11.2 Å². The Morgan fingerprint density at radius 3 is 2.86 bits per heavy atom. The number of amides is 1. The number of ketones is 1. The standard InChI is InChI=1S/C19H18ClN5O2S/c1-19-11-24(18(28)25(19)8-2-3-16(19)26)15-5-4-12(9-13(15)20)23-17(27)14-10-21-6-7-22-14/h4-7,9-10H,2-3,8,11H2,1H3,(H,23,27). The van der Waals surface area contributed by atoms with Crippen molar-refractivity contribution < 1.29 is 9.59 Å². The second-order valence-electron chi connectivity index (χ2n) is 7.03. The molecule has 1 atom stereocenters. The zero-order valence-electron chi connectivity index (χ0n) is 15.2. The number of anilines is 2. The molecule has 0 spiro atoms. The van der Waals surface area contributed by atoms with E-state index < -0.39 is 5.54 Å². The number of fused-ring (bicyclic) bond motifs is 1. The minimum absolute atomic E-state index is 0.201. The highest BCUT2D eigenvalue weighted by molar-refractivity contribution is 7.80. The first kappa shape index (κ1) is 18.8. The maximum Gasteiger partial charge on any atom is 0.275 e. The Balaban J connectivity index is 1.56. The van der Waals surface area contributed by atoms with Gasteiger partial charge in [0.2, 0.25) is 0 Å². The van der Waals surface area contributed by atoms with Crippen molar-refractivity contribution in [1.82, 2.24) is 14.9 Å². The summed E-state index contributed by atoms with van der Waals surface area (Å²) in [6.45, 7) is 3.17. The van der Waals surface area contributed by atoms with Crippen molar-refractivity contribution >= 4 is 52.0 Å². The van der Waals surface area contributed by atoms with Crippen LogP contribution in [0.3, 0.4) is 0 Å². The molecule has 1 aromatic heterocycles. The van der Waals surface area contributed by atoms with E-state index in [-0.39, 0.29) is 17.4 Å². The molecule has 2 aliphatic rings. The van der Waals surface area contributed by atoms with Gasteiger partial charge in [0.15, 0.2) is 10.9 Å². The molecule has 2 aliphatic heterocycles. The van der Waals surface area contributed by atoms with Crippen molar-refractivity contribution in [3.8, 4) is 0 Å². The number of hydrogen-bond acceptors (Lipinski definition) is 5. The number of aromatic nitrogens is 2. The molecule has 1 N–H and O–H groups in total. The van der Waals surface area contributed by atoms with Gasteiger partial charge in [-0.05, 0) is 43.8 Å². The number of thiocarbonyl (C=S) groups is 1. The van der Waals surface area contributed by atoms with Crippen molar-refractivity contribution in [3.63, 3.8) is 0 Å². The average Bonchev–Trinajstić information content (AvgIpc) is 2.95. The maximum absolute atomic E-state index is 12.5. The summed E-state index contributed by atoms with van der Waals surface area (Å²) >= 11 is 12.1. The van der Waals surface area contributed by atoms with E-state index in [1.54, 1.807) is 18.2 Å². The van der Waals surface area contributed by atoms with Crippen LogP contribution in [0.15, 0.2) is 36.8 Å². The lowest BCUT2D eigenvalue weighted by molar-refractivity contribution is -0.129.